The summed E-state index contributed by atoms with van der Waals surface area (Å²) in [6.07, 6.45) is 0. The molecule has 0 aliphatic rings. The van der Waals surface area contributed by atoms with Crippen molar-refractivity contribution in [2.24, 2.45) is 0 Å². The minimum absolute atomic E-state index is 1.21. The van der Waals surface area contributed by atoms with E-state index in [1.54, 1.807) is 0 Å². The van der Waals surface area contributed by atoms with Crippen LogP contribution >= 0.6 is 11.3 Å². The van der Waals surface area contributed by atoms with Gasteiger partial charge in [0.1, 0.15) is 0 Å². The van der Waals surface area contributed by atoms with E-state index in [-0.39, 0.29) is 0 Å². The van der Waals surface area contributed by atoms with E-state index >= 15 is 0 Å². The van der Waals surface area contributed by atoms with Gasteiger partial charge >= 0.3 is 0 Å². The third-order valence-corrected chi connectivity index (χ3v) is 12.5. The molecule has 0 N–H and O–H groups in total. The van der Waals surface area contributed by atoms with Crippen molar-refractivity contribution in [3.8, 4) is 55.6 Å². The molecule has 0 aliphatic heterocycles. The molecule has 0 amide bonds. The minimum Gasteiger partial charge on any atom is -0.135 e. The molecule has 11 rings (SSSR count). The first-order valence-electron chi connectivity index (χ1n) is 18.9. The van der Waals surface area contributed by atoms with Crippen LogP contribution in [0.3, 0.4) is 0 Å². The number of thiophene rings is 1. The van der Waals surface area contributed by atoms with Crippen LogP contribution in [0.15, 0.2) is 206 Å². The lowest BCUT2D eigenvalue weighted by Crippen LogP contribution is -1.86. The Bertz CT molecular complexity index is 3220. The van der Waals surface area contributed by atoms with E-state index in [9.17, 15) is 0 Å². The van der Waals surface area contributed by atoms with Gasteiger partial charge in [-0.2, -0.15) is 0 Å². The molecule has 0 unspecified atom stereocenters. The van der Waals surface area contributed by atoms with Gasteiger partial charge in [-0.15, -0.1) is 11.3 Å². The second kappa shape index (κ2) is 13.0. The maximum atomic E-state index is 2.38. The van der Waals surface area contributed by atoms with E-state index in [0.717, 1.165) is 0 Å². The number of rotatable bonds is 5. The normalized spacial score (nSPS) is 11.6. The van der Waals surface area contributed by atoms with Gasteiger partial charge in [-0.05, 0) is 118 Å². The molecule has 0 fully saturated rings. The Balaban J connectivity index is 0.903. The van der Waals surface area contributed by atoms with Gasteiger partial charge in [-0.1, -0.05) is 176 Å². The summed E-state index contributed by atoms with van der Waals surface area (Å²) in [5.41, 5.74) is 12.3. The first-order valence-corrected chi connectivity index (χ1v) is 19.7. The third-order valence-electron chi connectivity index (χ3n) is 11.3. The Morgan fingerprint density at radius 2 is 0.600 bits per heavy atom. The Hall–Kier alpha value is -6.80. The van der Waals surface area contributed by atoms with Crippen LogP contribution in [0, 0.1) is 0 Å². The lowest BCUT2D eigenvalue weighted by Gasteiger charge is -2.13. The summed E-state index contributed by atoms with van der Waals surface area (Å²) in [6, 6.07) is 75.9. The Kier molecular flexibility index (Phi) is 7.46. The fourth-order valence-corrected chi connectivity index (χ4v) is 9.78. The first-order chi connectivity index (χ1) is 27.2. The Morgan fingerprint density at radius 1 is 0.218 bits per heavy atom. The van der Waals surface area contributed by atoms with Crippen molar-refractivity contribution in [3.05, 3.63) is 206 Å². The molecule has 55 heavy (non-hydrogen) atoms. The van der Waals surface area contributed by atoms with Crippen molar-refractivity contribution in [3.63, 3.8) is 0 Å². The van der Waals surface area contributed by atoms with E-state index in [2.05, 4.69) is 206 Å². The predicted molar refractivity (Wildman–Crippen MR) is 239 cm³/mol. The largest absolute Gasteiger partial charge is 0.135 e. The number of hydrogen-bond acceptors (Lipinski definition) is 1. The Labute approximate surface area is 324 Å². The van der Waals surface area contributed by atoms with Gasteiger partial charge in [0.15, 0.2) is 0 Å². The van der Waals surface area contributed by atoms with E-state index in [1.807, 2.05) is 11.3 Å². The number of benzene rings is 10. The molecule has 0 atom stereocenters. The van der Waals surface area contributed by atoms with Gasteiger partial charge in [0.25, 0.3) is 0 Å². The monoisotopic (exact) mass is 714 g/mol. The molecule has 1 heterocycles. The second-order valence-corrected chi connectivity index (χ2v) is 15.5. The van der Waals surface area contributed by atoms with Crippen molar-refractivity contribution in [2.45, 2.75) is 0 Å². The molecule has 0 aliphatic carbocycles. The molecule has 1 heteroatoms. The maximum Gasteiger partial charge on any atom is 0.0433 e. The summed E-state index contributed by atoms with van der Waals surface area (Å²) in [4.78, 5) is 0. The van der Waals surface area contributed by atoms with Crippen LogP contribution < -0.4 is 0 Å². The molecule has 1 aromatic heterocycles. The van der Waals surface area contributed by atoms with Crippen molar-refractivity contribution >= 4 is 63.8 Å². The predicted octanol–water partition coefficient (Wildman–Crippen LogP) is 15.8. The minimum atomic E-state index is 1.21. The molecule has 0 spiro atoms. The highest BCUT2D eigenvalue weighted by atomic mass is 32.1. The highest BCUT2D eigenvalue weighted by molar-refractivity contribution is 7.26. The zero-order valence-corrected chi connectivity index (χ0v) is 30.9. The maximum absolute atomic E-state index is 2.38. The molecule has 0 bridgehead atoms. The van der Waals surface area contributed by atoms with E-state index < -0.39 is 0 Å². The van der Waals surface area contributed by atoms with Crippen molar-refractivity contribution in [1.82, 2.24) is 0 Å². The smallest absolute Gasteiger partial charge is 0.0433 e. The number of hydrogen-bond donors (Lipinski definition) is 0. The summed E-state index contributed by atoms with van der Waals surface area (Å²) in [7, 11) is 0. The fourth-order valence-electron chi connectivity index (χ4n) is 8.54. The quantitative estimate of drug-likeness (QED) is 0.156. The molecule has 11 aromatic rings. The lowest BCUT2D eigenvalue weighted by atomic mass is 9.91. The molecular weight excluding hydrogens is 681 g/mol. The summed E-state index contributed by atoms with van der Waals surface area (Å²) in [6.45, 7) is 0. The van der Waals surface area contributed by atoms with Gasteiger partial charge in [-0.25, -0.2) is 0 Å². The lowest BCUT2D eigenvalue weighted by molar-refractivity contribution is 1.57. The molecule has 0 nitrogen and oxygen atoms in total. The van der Waals surface area contributed by atoms with Crippen molar-refractivity contribution in [1.29, 1.82) is 0 Å². The second-order valence-electron chi connectivity index (χ2n) is 14.5. The summed E-state index contributed by atoms with van der Waals surface area (Å²) < 4.78 is 2.68. The van der Waals surface area contributed by atoms with E-state index in [0.29, 0.717) is 0 Å². The summed E-state index contributed by atoms with van der Waals surface area (Å²) in [5.74, 6) is 0. The van der Waals surface area contributed by atoms with Crippen LogP contribution in [-0.2, 0) is 0 Å². The summed E-state index contributed by atoms with van der Waals surface area (Å²) >= 11 is 1.88. The van der Waals surface area contributed by atoms with Crippen molar-refractivity contribution < 1.29 is 0 Å². The number of fused-ring (bicyclic) bond motifs is 9. The van der Waals surface area contributed by atoms with Crippen LogP contribution in [0.5, 0.6) is 0 Å². The SMILES string of the molecule is c1cc(-c2ccc(-c3cccc(-c4cccc5c4sc4ccccc45)c3)cc2)cc(-c2cccc(-c3ccc4c5ccccc5c5ccccc5c4c3)c2)c1. The highest BCUT2D eigenvalue weighted by Gasteiger charge is 2.13. The van der Waals surface area contributed by atoms with Gasteiger partial charge in [0.05, 0.1) is 0 Å². The average molecular weight is 715 g/mol. The van der Waals surface area contributed by atoms with Gasteiger partial charge in [-0.3, -0.25) is 0 Å². The standard InChI is InChI=1S/C54H34S/c1-2-19-47-45(17-1)46-18-3-4-20-48(46)52-34-42(29-30-49(47)52)41-15-8-14-40(32-41)39-13-7-11-37(31-39)35-25-27-36(28-26-35)38-12-9-16-43(33-38)44-22-10-23-51-50-21-5-6-24-53(50)55-54(44)51/h1-34H. The highest BCUT2D eigenvalue weighted by Crippen LogP contribution is 2.41. The first kappa shape index (κ1) is 31.7. The molecule has 0 saturated heterocycles. The van der Waals surface area contributed by atoms with Crippen LogP contribution in [0.4, 0.5) is 0 Å². The average Bonchev–Trinajstić information content (AvgIpc) is 3.66. The fraction of sp³-hybridized carbons (Fsp3) is 0. The van der Waals surface area contributed by atoms with Gasteiger partial charge < -0.3 is 0 Å². The molecule has 10 aromatic carbocycles. The third kappa shape index (κ3) is 5.44. The van der Waals surface area contributed by atoms with Gasteiger partial charge in [0.2, 0.25) is 0 Å². The van der Waals surface area contributed by atoms with E-state index in [4.69, 9.17) is 0 Å². The molecular formula is C54H34S. The topological polar surface area (TPSA) is 0 Å². The molecule has 0 radical (unpaired) electrons. The molecule has 256 valence electrons. The van der Waals surface area contributed by atoms with Crippen molar-refractivity contribution in [2.75, 3.05) is 0 Å². The van der Waals surface area contributed by atoms with Crippen LogP contribution in [0.25, 0.3) is 108 Å². The van der Waals surface area contributed by atoms with Gasteiger partial charge in [0, 0.05) is 20.2 Å². The summed E-state index contributed by atoms with van der Waals surface area (Å²) in [5, 5.41) is 10.5. The zero-order valence-electron chi connectivity index (χ0n) is 30.0. The zero-order chi connectivity index (χ0) is 36.3. The van der Waals surface area contributed by atoms with Crippen LogP contribution in [0.2, 0.25) is 0 Å². The van der Waals surface area contributed by atoms with Crippen LogP contribution in [-0.4, -0.2) is 0 Å². The van der Waals surface area contributed by atoms with Crippen LogP contribution in [0.1, 0.15) is 0 Å². The van der Waals surface area contributed by atoms with E-state index in [1.165, 1.54) is 108 Å². The molecule has 0 saturated carbocycles. The Morgan fingerprint density at radius 3 is 1.18 bits per heavy atom.